The highest BCUT2D eigenvalue weighted by atomic mass is 16.5. The summed E-state index contributed by atoms with van der Waals surface area (Å²) in [5.74, 6) is -2.01. The maximum absolute atomic E-state index is 12.4. The van der Waals surface area contributed by atoms with Crippen LogP contribution in [0.3, 0.4) is 0 Å². The molecule has 0 saturated carbocycles. The Morgan fingerprint density at radius 2 is 1.00 bits per heavy atom. The number of aliphatic carboxylic acids is 1. The molecule has 0 aromatic heterocycles. The number of carbonyl (C=O) groups is 2. The second kappa shape index (κ2) is 28.3. The lowest BCUT2D eigenvalue weighted by molar-refractivity contribution is -0.151. The topological polar surface area (TPSA) is 63.6 Å². The number of allylic oxidation sites excluding steroid dienone is 1. The van der Waals surface area contributed by atoms with Crippen LogP contribution >= 0.6 is 0 Å². The van der Waals surface area contributed by atoms with Crippen LogP contribution in [-0.4, -0.2) is 23.7 Å². The molecule has 0 spiro atoms. The lowest BCUT2D eigenvalue weighted by Crippen LogP contribution is -2.19. The van der Waals surface area contributed by atoms with Gasteiger partial charge in [-0.05, 0) is 19.3 Å². The number of hydrogen-bond acceptors (Lipinski definition) is 3. The van der Waals surface area contributed by atoms with Crippen LogP contribution in [0.2, 0.25) is 0 Å². The summed E-state index contributed by atoms with van der Waals surface area (Å²) in [4.78, 5) is 23.5. The van der Waals surface area contributed by atoms with Gasteiger partial charge in [-0.15, -0.1) is 0 Å². The first-order valence-electron chi connectivity index (χ1n) is 15.7. The molecule has 1 unspecified atom stereocenters. The highest BCUT2D eigenvalue weighted by molar-refractivity contribution is 5.80. The summed E-state index contributed by atoms with van der Waals surface area (Å²) in [6.45, 7) is 4.90. The van der Waals surface area contributed by atoms with Crippen molar-refractivity contribution in [2.75, 3.05) is 6.61 Å². The summed E-state index contributed by atoms with van der Waals surface area (Å²) in [6, 6.07) is 0. The van der Waals surface area contributed by atoms with E-state index in [2.05, 4.69) is 13.8 Å². The quantitative estimate of drug-likeness (QED) is 0.0648. The predicted molar refractivity (Wildman–Crippen MR) is 153 cm³/mol. The lowest BCUT2D eigenvalue weighted by Gasteiger charge is -2.11. The number of hydrogen-bond donors (Lipinski definition) is 1. The van der Waals surface area contributed by atoms with E-state index in [9.17, 15) is 9.59 Å². The normalized spacial score (nSPS) is 12.3. The molecule has 0 saturated heterocycles. The smallest absolute Gasteiger partial charge is 0.313 e. The van der Waals surface area contributed by atoms with Crippen molar-refractivity contribution >= 4 is 11.9 Å². The Kier molecular flexibility index (Phi) is 27.2. The first-order chi connectivity index (χ1) is 17.6. The molecule has 0 bridgehead atoms. The second-order valence-electron chi connectivity index (χ2n) is 10.7. The van der Waals surface area contributed by atoms with E-state index in [0.29, 0.717) is 6.61 Å². The van der Waals surface area contributed by atoms with E-state index in [1.54, 1.807) is 6.08 Å². The third kappa shape index (κ3) is 25.8. The third-order valence-electron chi connectivity index (χ3n) is 7.03. The lowest BCUT2D eigenvalue weighted by atomic mass is 10.0. The van der Waals surface area contributed by atoms with Gasteiger partial charge in [-0.3, -0.25) is 9.59 Å². The van der Waals surface area contributed by atoms with Gasteiger partial charge in [-0.25, -0.2) is 0 Å². The van der Waals surface area contributed by atoms with Crippen LogP contribution in [0, 0.1) is 5.92 Å². The molecule has 0 amide bonds. The summed E-state index contributed by atoms with van der Waals surface area (Å²) in [6.07, 6.45) is 32.7. The van der Waals surface area contributed by atoms with Gasteiger partial charge in [0.25, 0.3) is 0 Å². The van der Waals surface area contributed by atoms with E-state index in [4.69, 9.17) is 9.84 Å². The molecule has 0 aromatic rings. The average molecular weight is 509 g/mol. The fourth-order valence-corrected chi connectivity index (χ4v) is 4.65. The van der Waals surface area contributed by atoms with Crippen molar-refractivity contribution in [3.05, 3.63) is 12.2 Å². The number of esters is 1. The average Bonchev–Trinajstić information content (AvgIpc) is 2.86. The molecular weight excluding hydrogens is 448 g/mol. The Morgan fingerprint density at radius 1 is 0.611 bits per heavy atom. The molecule has 1 atom stereocenters. The SMILES string of the molecule is CCCCCCCCCCC=CC(CC(=O)O)C(=O)OCCCCCCCCCCCCCCCC. The molecule has 36 heavy (non-hydrogen) atoms. The van der Waals surface area contributed by atoms with Crippen LogP contribution < -0.4 is 0 Å². The van der Waals surface area contributed by atoms with Gasteiger partial charge in [0.2, 0.25) is 0 Å². The summed E-state index contributed by atoms with van der Waals surface area (Å²) >= 11 is 0. The maximum Gasteiger partial charge on any atom is 0.313 e. The number of rotatable bonds is 28. The van der Waals surface area contributed by atoms with Crippen LogP contribution in [0.25, 0.3) is 0 Å². The molecule has 0 aromatic carbocycles. The summed E-state index contributed by atoms with van der Waals surface area (Å²) in [7, 11) is 0. The molecule has 0 rings (SSSR count). The van der Waals surface area contributed by atoms with Crippen molar-refractivity contribution in [2.45, 2.75) is 168 Å². The third-order valence-corrected chi connectivity index (χ3v) is 7.03. The van der Waals surface area contributed by atoms with Crippen molar-refractivity contribution in [3.63, 3.8) is 0 Å². The van der Waals surface area contributed by atoms with Crippen molar-refractivity contribution in [3.8, 4) is 0 Å². The van der Waals surface area contributed by atoms with Gasteiger partial charge in [-0.2, -0.15) is 0 Å². The number of carboxylic acids is 1. The van der Waals surface area contributed by atoms with Crippen molar-refractivity contribution in [1.29, 1.82) is 0 Å². The van der Waals surface area contributed by atoms with Gasteiger partial charge in [0, 0.05) is 0 Å². The molecule has 4 heteroatoms. The number of carboxylic acid groups (broad SMARTS) is 1. The minimum absolute atomic E-state index is 0.189. The van der Waals surface area contributed by atoms with Crippen molar-refractivity contribution in [2.24, 2.45) is 5.92 Å². The zero-order valence-corrected chi connectivity index (χ0v) is 24.1. The Balaban J connectivity index is 3.73. The van der Waals surface area contributed by atoms with Gasteiger partial charge in [-0.1, -0.05) is 154 Å². The Labute approximate surface area is 224 Å². The summed E-state index contributed by atoms with van der Waals surface area (Å²) < 4.78 is 5.40. The van der Waals surface area contributed by atoms with Crippen molar-refractivity contribution < 1.29 is 19.4 Å². The maximum atomic E-state index is 12.4. The zero-order chi connectivity index (χ0) is 26.5. The predicted octanol–water partition coefficient (Wildman–Crippen LogP) is 10.2. The molecular formula is C32H60O4. The fraction of sp³-hybridized carbons (Fsp3) is 0.875. The molecule has 0 aliphatic heterocycles. The highest BCUT2D eigenvalue weighted by Gasteiger charge is 2.20. The van der Waals surface area contributed by atoms with E-state index >= 15 is 0 Å². The first kappa shape index (κ1) is 34.7. The van der Waals surface area contributed by atoms with E-state index in [-0.39, 0.29) is 12.4 Å². The monoisotopic (exact) mass is 508 g/mol. The van der Waals surface area contributed by atoms with Gasteiger partial charge in [0.05, 0.1) is 18.9 Å². The van der Waals surface area contributed by atoms with Crippen LogP contribution in [-0.2, 0) is 14.3 Å². The molecule has 0 aliphatic carbocycles. The van der Waals surface area contributed by atoms with Crippen LogP contribution in [0.15, 0.2) is 12.2 Å². The second-order valence-corrected chi connectivity index (χ2v) is 10.7. The summed E-state index contributed by atoms with van der Waals surface area (Å²) in [5.41, 5.74) is 0. The summed E-state index contributed by atoms with van der Waals surface area (Å²) in [5, 5.41) is 9.16. The molecule has 4 nitrogen and oxygen atoms in total. The molecule has 0 fully saturated rings. The minimum Gasteiger partial charge on any atom is -0.481 e. The zero-order valence-electron chi connectivity index (χ0n) is 24.1. The van der Waals surface area contributed by atoms with E-state index in [0.717, 1.165) is 25.7 Å². The standard InChI is InChI=1S/C32H60O4/c1-3-5-7-9-11-13-15-16-17-18-20-22-24-26-28-36-32(35)30(29-31(33)34)27-25-23-21-19-14-12-10-8-6-4-2/h25,27,30H,3-24,26,28-29H2,1-2H3,(H,33,34). The van der Waals surface area contributed by atoms with Crippen LogP contribution in [0.4, 0.5) is 0 Å². The molecule has 212 valence electrons. The largest absolute Gasteiger partial charge is 0.481 e. The van der Waals surface area contributed by atoms with Gasteiger partial charge < -0.3 is 9.84 Å². The molecule has 0 aliphatic rings. The van der Waals surface area contributed by atoms with E-state index in [1.165, 1.54) is 122 Å². The molecule has 0 radical (unpaired) electrons. The molecule has 0 heterocycles. The van der Waals surface area contributed by atoms with Crippen LogP contribution in [0.5, 0.6) is 0 Å². The Hall–Kier alpha value is -1.32. The molecule has 1 N–H and O–H groups in total. The number of ether oxygens (including phenoxy) is 1. The number of unbranched alkanes of at least 4 members (excludes halogenated alkanes) is 21. The number of carbonyl (C=O) groups excluding carboxylic acids is 1. The van der Waals surface area contributed by atoms with Gasteiger partial charge in [0.15, 0.2) is 0 Å². The van der Waals surface area contributed by atoms with Gasteiger partial charge >= 0.3 is 11.9 Å². The highest BCUT2D eigenvalue weighted by Crippen LogP contribution is 2.15. The van der Waals surface area contributed by atoms with Gasteiger partial charge in [0.1, 0.15) is 0 Å². The Morgan fingerprint density at radius 3 is 1.42 bits per heavy atom. The minimum atomic E-state index is -0.954. The fourth-order valence-electron chi connectivity index (χ4n) is 4.65. The first-order valence-corrected chi connectivity index (χ1v) is 15.7. The Bertz CT molecular complexity index is 514. The van der Waals surface area contributed by atoms with Crippen LogP contribution in [0.1, 0.15) is 168 Å². The van der Waals surface area contributed by atoms with E-state index < -0.39 is 11.9 Å². The van der Waals surface area contributed by atoms with Crippen molar-refractivity contribution in [1.82, 2.24) is 0 Å². The van der Waals surface area contributed by atoms with E-state index in [1.807, 2.05) is 6.08 Å².